The Balaban J connectivity index is 1.49. The smallest absolute Gasteiger partial charge is 0.416 e. The van der Waals surface area contributed by atoms with E-state index in [1.807, 2.05) is 6.07 Å². The lowest BCUT2D eigenvalue weighted by Crippen LogP contribution is -2.30. The third-order valence-corrected chi connectivity index (χ3v) is 4.55. The van der Waals surface area contributed by atoms with Crippen LogP contribution in [0.5, 0.6) is 5.75 Å². The summed E-state index contributed by atoms with van der Waals surface area (Å²) in [6.07, 6.45) is -5.25. The molecule has 30 heavy (non-hydrogen) atoms. The summed E-state index contributed by atoms with van der Waals surface area (Å²) in [5.41, 5.74) is 0.698. The first-order valence-corrected chi connectivity index (χ1v) is 8.96. The van der Waals surface area contributed by atoms with Crippen molar-refractivity contribution in [3.8, 4) is 5.75 Å². The molecule has 0 radical (unpaired) electrons. The summed E-state index contributed by atoms with van der Waals surface area (Å²) in [4.78, 5) is 24.7. The van der Waals surface area contributed by atoms with Gasteiger partial charge >= 0.3 is 6.18 Å². The molecule has 1 aliphatic rings. The van der Waals surface area contributed by atoms with Gasteiger partial charge in [-0.05, 0) is 42.5 Å². The molecule has 2 N–H and O–H groups in total. The summed E-state index contributed by atoms with van der Waals surface area (Å²) < 4.78 is 43.7. The van der Waals surface area contributed by atoms with Gasteiger partial charge in [0.25, 0.3) is 11.8 Å². The molecule has 2 amide bonds. The molecule has 1 atom stereocenters. The summed E-state index contributed by atoms with van der Waals surface area (Å²) in [6.45, 7) is 0. The van der Waals surface area contributed by atoms with Crippen LogP contribution >= 0.6 is 0 Å². The van der Waals surface area contributed by atoms with Crippen LogP contribution in [0.4, 0.5) is 24.5 Å². The van der Waals surface area contributed by atoms with Gasteiger partial charge < -0.3 is 15.4 Å². The summed E-state index contributed by atoms with van der Waals surface area (Å²) >= 11 is 0. The number of amides is 2. The van der Waals surface area contributed by atoms with E-state index >= 15 is 0 Å². The molecule has 152 valence electrons. The second-order valence-electron chi connectivity index (χ2n) is 6.64. The zero-order chi connectivity index (χ0) is 21.3. The third kappa shape index (κ3) is 3.98. The number of hydrogen-bond donors (Lipinski definition) is 2. The lowest BCUT2D eigenvalue weighted by Gasteiger charge is -2.26. The van der Waals surface area contributed by atoms with Crippen molar-refractivity contribution >= 4 is 23.2 Å². The number of hydrogen-bond acceptors (Lipinski definition) is 3. The maximum atomic E-state index is 12.6. The molecule has 0 spiro atoms. The second kappa shape index (κ2) is 7.55. The van der Waals surface area contributed by atoms with Gasteiger partial charge in [0, 0.05) is 16.8 Å². The molecule has 0 saturated heterocycles. The van der Waals surface area contributed by atoms with Gasteiger partial charge in [-0.3, -0.25) is 9.59 Å². The number of benzene rings is 3. The highest BCUT2D eigenvalue weighted by Gasteiger charge is 2.31. The molecule has 8 heteroatoms. The second-order valence-corrected chi connectivity index (χ2v) is 6.64. The van der Waals surface area contributed by atoms with Crippen LogP contribution < -0.4 is 15.4 Å². The molecule has 1 heterocycles. The molecule has 0 aromatic heterocycles. The molecule has 1 aliphatic heterocycles. The number of fused-ring (bicyclic) bond motifs is 1. The van der Waals surface area contributed by atoms with E-state index in [9.17, 15) is 22.8 Å². The highest BCUT2D eigenvalue weighted by Crippen LogP contribution is 2.37. The van der Waals surface area contributed by atoms with E-state index in [0.29, 0.717) is 22.7 Å². The van der Waals surface area contributed by atoms with Crippen molar-refractivity contribution in [3.05, 3.63) is 89.5 Å². The van der Waals surface area contributed by atoms with Crippen molar-refractivity contribution in [2.45, 2.75) is 12.3 Å². The standard InChI is InChI=1S/C22H15F3N2O3/c23-22(24,25)15-8-6-14(7-9-15)20(28)26-16-10-11-18-17(12-16)27-21(29)19(30-18)13-4-2-1-3-5-13/h1-12,19H,(H,26,28)(H,27,29). The molecular formula is C22H15F3N2O3. The van der Waals surface area contributed by atoms with Gasteiger partial charge in [-0.1, -0.05) is 30.3 Å². The zero-order valence-electron chi connectivity index (χ0n) is 15.4. The highest BCUT2D eigenvalue weighted by molar-refractivity contribution is 6.05. The maximum Gasteiger partial charge on any atom is 0.416 e. The minimum atomic E-state index is -4.47. The van der Waals surface area contributed by atoms with Crippen molar-refractivity contribution in [2.75, 3.05) is 10.6 Å². The van der Waals surface area contributed by atoms with Crippen LogP contribution in [-0.4, -0.2) is 11.8 Å². The number of rotatable bonds is 3. The van der Waals surface area contributed by atoms with E-state index in [1.54, 1.807) is 36.4 Å². The lowest BCUT2D eigenvalue weighted by atomic mass is 10.1. The van der Waals surface area contributed by atoms with E-state index in [2.05, 4.69) is 10.6 Å². The molecule has 5 nitrogen and oxygen atoms in total. The van der Waals surface area contributed by atoms with Crippen LogP contribution in [0.1, 0.15) is 27.6 Å². The average molecular weight is 412 g/mol. The number of halogens is 3. The molecule has 3 aromatic carbocycles. The average Bonchev–Trinajstić information content (AvgIpc) is 2.73. The fraction of sp³-hybridized carbons (Fsp3) is 0.0909. The van der Waals surface area contributed by atoms with Crippen LogP contribution in [0.15, 0.2) is 72.8 Å². The zero-order valence-corrected chi connectivity index (χ0v) is 15.4. The van der Waals surface area contributed by atoms with E-state index in [1.165, 1.54) is 6.07 Å². The number of nitrogens with one attached hydrogen (secondary N) is 2. The molecule has 0 bridgehead atoms. The van der Waals surface area contributed by atoms with Crippen molar-refractivity contribution in [3.63, 3.8) is 0 Å². The SMILES string of the molecule is O=C(Nc1ccc2c(c1)NC(=O)C(c1ccccc1)O2)c1ccc(C(F)(F)F)cc1. The van der Waals surface area contributed by atoms with Crippen molar-refractivity contribution in [1.82, 2.24) is 0 Å². The quantitative estimate of drug-likeness (QED) is 0.634. The predicted octanol–water partition coefficient (Wildman–Crippen LogP) is 5.03. The van der Waals surface area contributed by atoms with Crippen molar-refractivity contribution in [2.24, 2.45) is 0 Å². The monoisotopic (exact) mass is 412 g/mol. The number of carbonyl (C=O) groups is 2. The Bertz CT molecular complexity index is 1100. The first-order valence-electron chi connectivity index (χ1n) is 8.96. The Morgan fingerprint density at radius 3 is 2.33 bits per heavy atom. The molecule has 0 aliphatic carbocycles. The van der Waals surface area contributed by atoms with Crippen LogP contribution in [0.3, 0.4) is 0 Å². The largest absolute Gasteiger partial charge is 0.474 e. The van der Waals surface area contributed by atoms with Crippen LogP contribution in [0, 0.1) is 0 Å². The first-order chi connectivity index (χ1) is 14.3. The number of carbonyl (C=O) groups excluding carboxylic acids is 2. The Kier molecular flexibility index (Phi) is 4.91. The van der Waals surface area contributed by atoms with E-state index in [4.69, 9.17) is 4.74 Å². The highest BCUT2D eigenvalue weighted by atomic mass is 19.4. The minimum Gasteiger partial charge on any atom is -0.474 e. The summed E-state index contributed by atoms with van der Waals surface area (Å²) in [7, 11) is 0. The lowest BCUT2D eigenvalue weighted by molar-refractivity contribution is -0.137. The predicted molar refractivity (Wildman–Crippen MR) is 104 cm³/mol. The van der Waals surface area contributed by atoms with Crippen LogP contribution in [-0.2, 0) is 11.0 Å². The van der Waals surface area contributed by atoms with Crippen molar-refractivity contribution < 1.29 is 27.5 Å². The Hall–Kier alpha value is -3.81. The van der Waals surface area contributed by atoms with Crippen LogP contribution in [0.25, 0.3) is 0 Å². The number of alkyl halides is 3. The Morgan fingerprint density at radius 1 is 0.967 bits per heavy atom. The normalized spacial score (nSPS) is 15.6. The molecule has 0 saturated carbocycles. The minimum absolute atomic E-state index is 0.0742. The summed E-state index contributed by atoms with van der Waals surface area (Å²) in [5.74, 6) is -0.482. The third-order valence-electron chi connectivity index (χ3n) is 4.55. The Morgan fingerprint density at radius 2 is 1.67 bits per heavy atom. The fourth-order valence-electron chi connectivity index (χ4n) is 3.05. The van der Waals surface area contributed by atoms with Crippen molar-refractivity contribution in [1.29, 1.82) is 0 Å². The first kappa shape index (κ1) is 19.5. The number of anilines is 2. The van der Waals surface area contributed by atoms with Gasteiger partial charge in [-0.2, -0.15) is 13.2 Å². The Labute approximate surface area is 169 Å². The van der Waals surface area contributed by atoms with Gasteiger partial charge in [0.05, 0.1) is 11.3 Å². The van der Waals surface area contributed by atoms with Gasteiger partial charge in [0.2, 0.25) is 6.10 Å². The van der Waals surface area contributed by atoms with E-state index in [0.717, 1.165) is 24.3 Å². The molecule has 3 aromatic rings. The van der Waals surface area contributed by atoms with Gasteiger partial charge in [-0.15, -0.1) is 0 Å². The van der Waals surface area contributed by atoms with Gasteiger partial charge in [-0.25, -0.2) is 0 Å². The van der Waals surface area contributed by atoms with E-state index < -0.39 is 23.8 Å². The van der Waals surface area contributed by atoms with Gasteiger partial charge in [0.15, 0.2) is 0 Å². The van der Waals surface area contributed by atoms with E-state index in [-0.39, 0.29) is 11.5 Å². The molecule has 1 unspecified atom stereocenters. The fourth-order valence-corrected chi connectivity index (χ4v) is 3.05. The molecule has 0 fully saturated rings. The molecular weight excluding hydrogens is 397 g/mol. The summed E-state index contributed by atoms with van der Waals surface area (Å²) in [5, 5.41) is 5.34. The van der Waals surface area contributed by atoms with Gasteiger partial charge in [0.1, 0.15) is 5.75 Å². The molecule has 4 rings (SSSR count). The summed E-state index contributed by atoms with van der Waals surface area (Å²) in [6, 6.07) is 17.6. The number of ether oxygens (including phenoxy) is 1. The van der Waals surface area contributed by atoms with Crippen LogP contribution in [0.2, 0.25) is 0 Å². The maximum absolute atomic E-state index is 12.6. The topological polar surface area (TPSA) is 67.4 Å².